The van der Waals surface area contributed by atoms with Gasteiger partial charge in [-0.15, -0.1) is 11.8 Å². The lowest BCUT2D eigenvalue weighted by atomic mass is 10.0. The first-order chi connectivity index (χ1) is 17.8. The maximum Gasteiger partial charge on any atom is 0.353 e. The molecule has 2 atom stereocenters. The molecule has 7 N–H and O–H groups in total. The van der Waals surface area contributed by atoms with E-state index < -0.39 is 34.9 Å². The number of β-lactam (4-membered cyclic amide) rings is 1. The molecule has 0 bridgehead atoms. The lowest BCUT2D eigenvalue weighted by molar-refractivity contribution is -0.150. The van der Waals surface area contributed by atoms with E-state index in [2.05, 4.69) is 15.5 Å². The number of aromatic nitrogens is 1. The Balaban J connectivity index is 1.52. The Hall–Kier alpha value is -3.20. The van der Waals surface area contributed by atoms with E-state index in [1.807, 2.05) is 24.3 Å². The van der Waals surface area contributed by atoms with Gasteiger partial charge in [0.25, 0.3) is 11.8 Å². The van der Waals surface area contributed by atoms with E-state index in [1.54, 1.807) is 17.8 Å². The van der Waals surface area contributed by atoms with Crippen LogP contribution in [-0.2, 0) is 20.1 Å². The van der Waals surface area contributed by atoms with Crippen LogP contribution in [0.1, 0.15) is 11.3 Å². The van der Waals surface area contributed by atoms with Crippen LogP contribution in [0.4, 0.5) is 5.82 Å². The molecule has 1 aromatic carbocycles. The van der Waals surface area contributed by atoms with E-state index >= 15 is 0 Å². The summed E-state index contributed by atoms with van der Waals surface area (Å²) in [6, 6.07) is 11.2. The zero-order valence-electron chi connectivity index (χ0n) is 19.4. The summed E-state index contributed by atoms with van der Waals surface area (Å²) in [5, 5.41) is 24.3. The number of rotatable bonds is 10. The molecule has 0 aliphatic carbocycles. The average molecular weight is 561 g/mol. The van der Waals surface area contributed by atoms with Crippen molar-refractivity contribution in [1.82, 2.24) is 15.2 Å². The SMILES string of the molecule is NCCSCc1ccccc1SC1=C(C(=O)O)N2C(=O)[C@@H](NC(=O)/C(=N\O)c3cccc(N)n3)[C@H]2SC1. The molecule has 2 aliphatic rings. The molecule has 1 saturated heterocycles. The third-order valence-electron chi connectivity index (χ3n) is 5.48. The summed E-state index contributed by atoms with van der Waals surface area (Å²) in [7, 11) is 0. The average Bonchev–Trinajstić information content (AvgIpc) is 2.88. The molecule has 0 spiro atoms. The molecule has 0 unspecified atom stereocenters. The highest BCUT2D eigenvalue weighted by Gasteiger charge is 2.54. The van der Waals surface area contributed by atoms with Gasteiger partial charge in [0, 0.05) is 33.6 Å². The summed E-state index contributed by atoms with van der Waals surface area (Å²) >= 11 is 4.37. The highest BCUT2D eigenvalue weighted by molar-refractivity contribution is 8.06. The Bertz CT molecular complexity index is 1290. The fourth-order valence-electron chi connectivity index (χ4n) is 3.80. The number of benzene rings is 1. The number of nitrogens with zero attached hydrogens (tertiary/aromatic N) is 3. The number of oxime groups is 1. The number of pyridine rings is 1. The molecule has 1 aromatic heterocycles. The molecule has 3 heterocycles. The largest absolute Gasteiger partial charge is 0.477 e. The maximum atomic E-state index is 13.0. The van der Waals surface area contributed by atoms with E-state index in [1.165, 1.54) is 40.6 Å². The Morgan fingerprint density at radius 1 is 1.24 bits per heavy atom. The highest BCUT2D eigenvalue weighted by atomic mass is 32.2. The predicted molar refractivity (Wildman–Crippen MR) is 144 cm³/mol. The van der Waals surface area contributed by atoms with Gasteiger partial charge in [-0.2, -0.15) is 11.8 Å². The van der Waals surface area contributed by atoms with Crippen molar-refractivity contribution in [3.8, 4) is 0 Å². The summed E-state index contributed by atoms with van der Waals surface area (Å²) in [6.45, 7) is 0.572. The van der Waals surface area contributed by atoms with Crippen LogP contribution in [0, 0.1) is 0 Å². The van der Waals surface area contributed by atoms with Gasteiger partial charge in [0.15, 0.2) is 5.71 Å². The van der Waals surface area contributed by atoms with Crippen LogP contribution < -0.4 is 16.8 Å². The lowest BCUT2D eigenvalue weighted by Gasteiger charge is -2.49. The monoisotopic (exact) mass is 560 g/mol. The molecule has 2 aliphatic heterocycles. The van der Waals surface area contributed by atoms with Gasteiger partial charge in [0.05, 0.1) is 0 Å². The first-order valence-electron chi connectivity index (χ1n) is 11.1. The van der Waals surface area contributed by atoms with Crippen molar-refractivity contribution >= 4 is 64.6 Å². The first-order valence-corrected chi connectivity index (χ1v) is 14.1. The minimum atomic E-state index is -1.22. The number of fused-ring (bicyclic) bond motifs is 1. The number of nitrogens with two attached hydrogens (primary N) is 2. The van der Waals surface area contributed by atoms with Gasteiger partial charge in [-0.3, -0.25) is 14.5 Å². The van der Waals surface area contributed by atoms with Crippen molar-refractivity contribution in [2.24, 2.45) is 10.9 Å². The van der Waals surface area contributed by atoms with Crippen LogP contribution in [0.3, 0.4) is 0 Å². The van der Waals surface area contributed by atoms with E-state index in [9.17, 15) is 24.7 Å². The Kier molecular flexibility index (Phi) is 8.63. The van der Waals surface area contributed by atoms with Crippen LogP contribution in [0.5, 0.6) is 0 Å². The molecule has 11 nitrogen and oxygen atoms in total. The number of nitrogens with one attached hydrogen (secondary N) is 1. The van der Waals surface area contributed by atoms with Crippen molar-refractivity contribution in [2.75, 3.05) is 23.8 Å². The zero-order chi connectivity index (χ0) is 26.5. The van der Waals surface area contributed by atoms with Gasteiger partial charge >= 0.3 is 5.97 Å². The Labute approximate surface area is 225 Å². The number of carbonyl (C=O) groups is 3. The zero-order valence-corrected chi connectivity index (χ0v) is 21.8. The predicted octanol–water partition coefficient (Wildman–Crippen LogP) is 1.52. The molecule has 194 valence electrons. The normalized spacial score (nSPS) is 19.3. The van der Waals surface area contributed by atoms with E-state index in [0.717, 1.165) is 22.0 Å². The first kappa shape index (κ1) is 26.9. The number of thioether (sulfide) groups is 3. The third kappa shape index (κ3) is 5.71. The van der Waals surface area contributed by atoms with Crippen LogP contribution >= 0.6 is 35.3 Å². The smallest absolute Gasteiger partial charge is 0.353 e. The van der Waals surface area contributed by atoms with E-state index in [-0.39, 0.29) is 17.2 Å². The fraction of sp³-hybridized carbons (Fsp3) is 0.261. The number of carboxylic acids is 1. The van der Waals surface area contributed by atoms with Gasteiger partial charge in [0.2, 0.25) is 0 Å². The number of hydrogen-bond donors (Lipinski definition) is 5. The molecular weight excluding hydrogens is 536 g/mol. The van der Waals surface area contributed by atoms with Crippen molar-refractivity contribution in [3.63, 3.8) is 0 Å². The van der Waals surface area contributed by atoms with E-state index in [0.29, 0.717) is 17.2 Å². The number of anilines is 1. The molecule has 4 rings (SSSR count). The minimum Gasteiger partial charge on any atom is -0.477 e. The lowest BCUT2D eigenvalue weighted by Crippen LogP contribution is -2.71. The molecule has 2 amide bonds. The van der Waals surface area contributed by atoms with Crippen LogP contribution in [0.2, 0.25) is 0 Å². The second kappa shape index (κ2) is 11.9. The van der Waals surface area contributed by atoms with Gasteiger partial charge in [-0.25, -0.2) is 9.78 Å². The second-order valence-corrected chi connectivity index (χ2v) is 11.2. The molecule has 1 fully saturated rings. The molecule has 0 radical (unpaired) electrons. The number of hydrogen-bond acceptors (Lipinski definition) is 11. The number of carboxylic acid groups (broad SMARTS) is 1. The topological polar surface area (TPSA) is 184 Å². The molecule has 14 heteroatoms. The van der Waals surface area contributed by atoms with Gasteiger partial charge in [-0.1, -0.05) is 41.2 Å². The van der Waals surface area contributed by atoms with Crippen LogP contribution in [-0.4, -0.2) is 73.2 Å². The maximum absolute atomic E-state index is 13.0. The van der Waals surface area contributed by atoms with Gasteiger partial charge in [0.1, 0.15) is 28.6 Å². The summed E-state index contributed by atoms with van der Waals surface area (Å²) in [4.78, 5) is 44.7. The second-order valence-electron chi connectivity index (χ2n) is 7.89. The standard InChI is InChI=1S/C23H24N6O5S3/c24-8-9-35-10-12-4-1-2-6-14(12)37-15-11-36-22-18(21(31)29(22)19(15)23(32)33)27-20(30)17(28-34)13-5-3-7-16(25)26-13/h1-7,18,22,34H,8-11,24H2,(H2,25,26)(H,27,30)(H,32,33)/b28-17-/t18-,22-/m1/s1. The van der Waals surface area contributed by atoms with Crippen LogP contribution in [0.15, 0.2) is 63.1 Å². The van der Waals surface area contributed by atoms with E-state index in [4.69, 9.17) is 11.5 Å². The summed E-state index contributed by atoms with van der Waals surface area (Å²) in [6.07, 6.45) is 0. The van der Waals surface area contributed by atoms with Crippen LogP contribution in [0.25, 0.3) is 0 Å². The van der Waals surface area contributed by atoms with Crippen molar-refractivity contribution in [1.29, 1.82) is 0 Å². The Morgan fingerprint density at radius 2 is 2.03 bits per heavy atom. The van der Waals surface area contributed by atoms with Crippen molar-refractivity contribution in [3.05, 3.63) is 64.3 Å². The van der Waals surface area contributed by atoms with Crippen molar-refractivity contribution in [2.45, 2.75) is 22.1 Å². The molecule has 2 aromatic rings. The Morgan fingerprint density at radius 3 is 2.73 bits per heavy atom. The summed E-state index contributed by atoms with van der Waals surface area (Å²) in [5.41, 5.74) is 11.8. The molecule has 37 heavy (non-hydrogen) atoms. The number of aliphatic carboxylic acids is 1. The summed E-state index contributed by atoms with van der Waals surface area (Å²) in [5.74, 6) is -0.599. The summed E-state index contributed by atoms with van der Waals surface area (Å²) < 4.78 is 0. The minimum absolute atomic E-state index is 0.0352. The fourth-order valence-corrected chi connectivity index (χ4v) is 7.27. The van der Waals surface area contributed by atoms with Crippen molar-refractivity contribution < 1.29 is 24.7 Å². The third-order valence-corrected chi connectivity index (χ3v) is 9.18. The highest BCUT2D eigenvalue weighted by Crippen LogP contribution is 2.45. The number of carbonyl (C=O) groups excluding carboxylic acids is 2. The van der Waals surface area contributed by atoms with Gasteiger partial charge < -0.3 is 27.1 Å². The number of nitrogen functional groups attached to an aromatic ring is 1. The molecule has 0 saturated carbocycles. The van der Waals surface area contributed by atoms with Gasteiger partial charge in [-0.05, 0) is 23.8 Å². The molecular formula is C23H24N6O5S3. The number of amides is 2. The quantitative estimate of drug-likeness (QED) is 0.0933.